The van der Waals surface area contributed by atoms with E-state index in [2.05, 4.69) is 53.0 Å². The van der Waals surface area contributed by atoms with Crippen LogP contribution in [-0.2, 0) is 6.54 Å². The molecule has 2 aromatic rings. The predicted molar refractivity (Wildman–Crippen MR) is 111 cm³/mol. The summed E-state index contributed by atoms with van der Waals surface area (Å²) in [6.45, 7) is 3.37. The maximum atomic E-state index is 4.50. The van der Waals surface area contributed by atoms with E-state index in [0.717, 1.165) is 12.2 Å². The van der Waals surface area contributed by atoms with Crippen LogP contribution in [0.4, 0.5) is 0 Å². The first-order chi connectivity index (χ1) is 12.9. The fourth-order valence-electron chi connectivity index (χ4n) is 3.54. The summed E-state index contributed by atoms with van der Waals surface area (Å²) in [7, 11) is 0. The van der Waals surface area contributed by atoms with E-state index in [1.54, 1.807) is 0 Å². The average molecular weight is 433 g/mol. The van der Waals surface area contributed by atoms with Crippen LogP contribution in [0.15, 0.2) is 48.8 Å². The normalized spacial score (nSPS) is 10.6. The van der Waals surface area contributed by atoms with Crippen molar-refractivity contribution in [3.63, 3.8) is 0 Å². The smallest absolute Gasteiger partial charge is 0.231 e. The second kappa shape index (κ2) is 15.8. The number of rotatable bonds is 14. The standard InChI is InChI=1S/C24H37N2.BrH/c1-2-3-4-5-6-7-8-9-10-11-12-16-21-26-22-17-14-19-24(26)23-18-13-15-20-25-23;/h13-15,17-20,22H,2-12,16,21H2,1H3;1H/q+1;/p-1. The summed E-state index contributed by atoms with van der Waals surface area (Å²) in [6, 6.07) is 12.5. The van der Waals surface area contributed by atoms with Crippen molar-refractivity contribution in [1.29, 1.82) is 0 Å². The minimum Gasteiger partial charge on any atom is -1.00 e. The highest BCUT2D eigenvalue weighted by Gasteiger charge is 2.12. The van der Waals surface area contributed by atoms with E-state index >= 15 is 0 Å². The monoisotopic (exact) mass is 432 g/mol. The highest BCUT2D eigenvalue weighted by molar-refractivity contribution is 5.49. The minimum atomic E-state index is 0. The molecule has 2 nitrogen and oxygen atoms in total. The van der Waals surface area contributed by atoms with Gasteiger partial charge in [-0.3, -0.25) is 0 Å². The van der Waals surface area contributed by atoms with Crippen LogP contribution in [0.3, 0.4) is 0 Å². The number of pyridine rings is 2. The quantitative estimate of drug-likeness (QED) is 0.328. The van der Waals surface area contributed by atoms with Gasteiger partial charge in [-0.15, -0.1) is 0 Å². The van der Waals surface area contributed by atoms with Crippen LogP contribution in [0.2, 0.25) is 0 Å². The van der Waals surface area contributed by atoms with Gasteiger partial charge in [-0.05, 0) is 24.6 Å². The third-order valence-electron chi connectivity index (χ3n) is 5.12. The van der Waals surface area contributed by atoms with Gasteiger partial charge in [0.15, 0.2) is 6.20 Å². The van der Waals surface area contributed by atoms with E-state index in [1.807, 2.05) is 12.3 Å². The van der Waals surface area contributed by atoms with Gasteiger partial charge < -0.3 is 17.0 Å². The predicted octanol–water partition coefficient (Wildman–Crippen LogP) is 3.74. The summed E-state index contributed by atoms with van der Waals surface area (Å²) in [5.74, 6) is 0. The fraction of sp³-hybridized carbons (Fsp3) is 0.583. The number of unbranched alkanes of at least 4 members (excludes halogenated alkanes) is 11. The third-order valence-corrected chi connectivity index (χ3v) is 5.12. The highest BCUT2D eigenvalue weighted by Crippen LogP contribution is 2.13. The summed E-state index contributed by atoms with van der Waals surface area (Å²) in [4.78, 5) is 4.50. The second-order valence-electron chi connectivity index (χ2n) is 7.38. The van der Waals surface area contributed by atoms with E-state index in [1.165, 1.54) is 82.7 Å². The molecule has 0 spiro atoms. The van der Waals surface area contributed by atoms with Gasteiger partial charge in [-0.25, -0.2) is 4.98 Å². The lowest BCUT2D eigenvalue weighted by Gasteiger charge is -2.04. The molecule has 0 unspecified atom stereocenters. The lowest BCUT2D eigenvalue weighted by Crippen LogP contribution is -3.00. The maximum absolute atomic E-state index is 4.50. The Bertz CT molecular complexity index is 586. The van der Waals surface area contributed by atoms with Gasteiger partial charge in [0.2, 0.25) is 5.69 Å². The first-order valence-electron chi connectivity index (χ1n) is 10.8. The molecule has 0 aliphatic heterocycles. The Hall–Kier alpha value is -1.22. The molecule has 0 bridgehead atoms. The van der Waals surface area contributed by atoms with Gasteiger partial charge >= 0.3 is 0 Å². The van der Waals surface area contributed by atoms with Crippen molar-refractivity contribution in [2.45, 2.75) is 90.5 Å². The Morgan fingerprint density at radius 1 is 0.704 bits per heavy atom. The third kappa shape index (κ3) is 10.0. The molecule has 0 radical (unpaired) electrons. The molecule has 0 amide bonds. The molecule has 0 saturated carbocycles. The molecule has 2 aromatic heterocycles. The zero-order valence-electron chi connectivity index (χ0n) is 17.1. The molecule has 27 heavy (non-hydrogen) atoms. The topological polar surface area (TPSA) is 16.8 Å². The van der Waals surface area contributed by atoms with Crippen LogP contribution in [-0.4, -0.2) is 4.98 Å². The minimum absolute atomic E-state index is 0. The van der Waals surface area contributed by atoms with Crippen molar-refractivity contribution in [3.05, 3.63) is 48.8 Å². The summed E-state index contributed by atoms with van der Waals surface area (Å²) in [6.07, 6.45) is 20.8. The molecule has 3 heteroatoms. The summed E-state index contributed by atoms with van der Waals surface area (Å²) < 4.78 is 2.35. The molecule has 150 valence electrons. The van der Waals surface area contributed by atoms with Crippen molar-refractivity contribution < 1.29 is 21.5 Å². The van der Waals surface area contributed by atoms with E-state index in [0.29, 0.717) is 0 Å². The van der Waals surface area contributed by atoms with Gasteiger partial charge in [-0.2, -0.15) is 4.57 Å². The first-order valence-corrected chi connectivity index (χ1v) is 10.8. The fourth-order valence-corrected chi connectivity index (χ4v) is 3.54. The Kier molecular flexibility index (Phi) is 13.9. The summed E-state index contributed by atoms with van der Waals surface area (Å²) >= 11 is 0. The maximum Gasteiger partial charge on any atom is 0.231 e. The molecule has 0 aliphatic carbocycles. The molecule has 2 heterocycles. The van der Waals surface area contributed by atoms with E-state index in [9.17, 15) is 0 Å². The Morgan fingerprint density at radius 2 is 1.30 bits per heavy atom. The van der Waals surface area contributed by atoms with Crippen molar-refractivity contribution in [2.24, 2.45) is 0 Å². The molecule has 0 atom stereocenters. The Labute approximate surface area is 177 Å². The van der Waals surface area contributed by atoms with Crippen LogP contribution in [0.5, 0.6) is 0 Å². The van der Waals surface area contributed by atoms with Crippen LogP contribution >= 0.6 is 0 Å². The van der Waals surface area contributed by atoms with Gasteiger partial charge in [-0.1, -0.05) is 77.2 Å². The lowest BCUT2D eigenvalue weighted by molar-refractivity contribution is -0.686. The molecular weight excluding hydrogens is 396 g/mol. The molecule has 0 fully saturated rings. The molecular formula is C24H37BrN2. The number of hydrogen-bond donors (Lipinski definition) is 0. The van der Waals surface area contributed by atoms with Crippen LogP contribution in [0, 0.1) is 0 Å². The average Bonchev–Trinajstić information content (AvgIpc) is 2.70. The summed E-state index contributed by atoms with van der Waals surface area (Å²) in [5, 5.41) is 0. The number of aryl methyl sites for hydroxylation is 1. The van der Waals surface area contributed by atoms with Crippen LogP contribution < -0.4 is 21.5 Å². The highest BCUT2D eigenvalue weighted by atomic mass is 79.9. The number of hydrogen-bond acceptors (Lipinski definition) is 1. The van der Waals surface area contributed by atoms with Crippen molar-refractivity contribution in [2.75, 3.05) is 0 Å². The van der Waals surface area contributed by atoms with Gasteiger partial charge in [0.05, 0.1) is 0 Å². The number of nitrogens with zero attached hydrogens (tertiary/aromatic N) is 2. The largest absolute Gasteiger partial charge is 1.00 e. The van der Waals surface area contributed by atoms with E-state index < -0.39 is 0 Å². The Balaban J connectivity index is 0.00000364. The molecule has 0 aromatic carbocycles. The van der Waals surface area contributed by atoms with E-state index in [4.69, 9.17) is 0 Å². The van der Waals surface area contributed by atoms with Gasteiger partial charge in [0.25, 0.3) is 0 Å². The SMILES string of the molecule is CCCCCCCCCCCCCC[n+]1ccccc1-c1ccccn1.[Br-]. The molecule has 0 N–H and O–H groups in total. The molecule has 0 saturated heterocycles. The van der Waals surface area contributed by atoms with Crippen LogP contribution in [0.1, 0.15) is 84.0 Å². The van der Waals surface area contributed by atoms with Crippen LogP contribution in [0.25, 0.3) is 11.4 Å². The molecule has 2 rings (SSSR count). The van der Waals surface area contributed by atoms with Crippen molar-refractivity contribution >= 4 is 0 Å². The Morgan fingerprint density at radius 3 is 1.89 bits per heavy atom. The second-order valence-corrected chi connectivity index (χ2v) is 7.38. The van der Waals surface area contributed by atoms with Gasteiger partial charge in [0.1, 0.15) is 12.2 Å². The zero-order valence-corrected chi connectivity index (χ0v) is 18.7. The van der Waals surface area contributed by atoms with E-state index in [-0.39, 0.29) is 17.0 Å². The van der Waals surface area contributed by atoms with Gasteiger partial charge in [0, 0.05) is 24.8 Å². The zero-order chi connectivity index (χ0) is 18.3. The molecule has 0 aliphatic rings. The number of aromatic nitrogens is 2. The van der Waals surface area contributed by atoms with Crippen molar-refractivity contribution in [3.8, 4) is 11.4 Å². The number of halogens is 1. The first kappa shape index (κ1) is 23.8. The lowest BCUT2D eigenvalue weighted by atomic mass is 10.1. The summed E-state index contributed by atoms with van der Waals surface area (Å²) in [5.41, 5.74) is 2.28. The van der Waals surface area contributed by atoms with Crippen molar-refractivity contribution in [1.82, 2.24) is 4.98 Å².